The van der Waals surface area contributed by atoms with Crippen molar-refractivity contribution in [2.75, 3.05) is 5.73 Å². The van der Waals surface area contributed by atoms with Gasteiger partial charge in [-0.15, -0.1) is 0 Å². The maximum Gasteiger partial charge on any atom is 0.140 e. The molecule has 0 unspecified atom stereocenters. The number of anilines is 1. The van der Waals surface area contributed by atoms with Crippen LogP contribution in [0.3, 0.4) is 0 Å². The zero-order chi connectivity index (χ0) is 11.6. The summed E-state index contributed by atoms with van der Waals surface area (Å²) in [6.45, 7) is 8.45. The average molecular weight is 319 g/mol. The van der Waals surface area contributed by atoms with Crippen molar-refractivity contribution in [3.63, 3.8) is 0 Å². The van der Waals surface area contributed by atoms with Gasteiger partial charge in [-0.1, -0.05) is 34.1 Å². The van der Waals surface area contributed by atoms with Crippen LogP contribution in [-0.2, 0) is 11.8 Å². The van der Waals surface area contributed by atoms with Crippen LogP contribution in [0.4, 0.5) is 5.82 Å². The number of aryl methyl sites for hydroxylation is 1. The number of nitrogens with zero attached hydrogens (tertiary/aromatic N) is 2. The first-order valence-electron chi connectivity index (χ1n) is 5.18. The number of nitrogen functional groups attached to an aromatic ring is 1. The van der Waals surface area contributed by atoms with Gasteiger partial charge in [0, 0.05) is 5.41 Å². The molecule has 0 aliphatic heterocycles. The predicted octanol–water partition coefficient (Wildman–Crippen LogP) is 2.91. The zero-order valence-corrected chi connectivity index (χ0v) is 11.9. The lowest BCUT2D eigenvalue weighted by Gasteiger charge is -2.18. The van der Waals surface area contributed by atoms with Crippen molar-refractivity contribution in [1.82, 2.24) is 9.97 Å². The third-order valence-corrected chi connectivity index (χ3v) is 3.28. The van der Waals surface area contributed by atoms with Crippen molar-refractivity contribution in [1.29, 1.82) is 0 Å². The number of rotatable bonds is 2. The molecule has 0 amide bonds. The molecular formula is C11H18IN3. The number of hydrogen-bond donors (Lipinski definition) is 1. The monoisotopic (exact) mass is 319 g/mol. The van der Waals surface area contributed by atoms with E-state index in [9.17, 15) is 0 Å². The summed E-state index contributed by atoms with van der Waals surface area (Å²) in [5, 5.41) is 0. The maximum absolute atomic E-state index is 5.89. The molecule has 0 saturated heterocycles. The van der Waals surface area contributed by atoms with Crippen molar-refractivity contribution in [2.24, 2.45) is 0 Å². The van der Waals surface area contributed by atoms with Gasteiger partial charge in [0.25, 0.3) is 0 Å². The molecule has 0 spiro atoms. The maximum atomic E-state index is 5.89. The van der Waals surface area contributed by atoms with Gasteiger partial charge in [0.2, 0.25) is 0 Å². The van der Waals surface area contributed by atoms with E-state index in [2.05, 4.69) is 60.3 Å². The fourth-order valence-electron chi connectivity index (χ4n) is 1.25. The number of aromatic nitrogens is 2. The van der Waals surface area contributed by atoms with Crippen LogP contribution >= 0.6 is 22.6 Å². The molecule has 2 N–H and O–H groups in total. The molecule has 0 aliphatic rings. The number of nitrogens with two attached hydrogens (primary N) is 1. The van der Waals surface area contributed by atoms with E-state index in [0.29, 0.717) is 5.82 Å². The van der Waals surface area contributed by atoms with Gasteiger partial charge >= 0.3 is 0 Å². The lowest BCUT2D eigenvalue weighted by molar-refractivity contribution is 0.541. The second kappa shape index (κ2) is 4.63. The SMILES string of the molecule is CCCc1nc(C(C)(C)C)nc(N)c1I. The second-order valence-electron chi connectivity index (χ2n) is 4.69. The Kier molecular flexibility index (Phi) is 3.92. The van der Waals surface area contributed by atoms with Gasteiger partial charge in [0.1, 0.15) is 11.6 Å². The van der Waals surface area contributed by atoms with Crippen LogP contribution in [0.1, 0.15) is 45.6 Å². The largest absolute Gasteiger partial charge is 0.383 e. The van der Waals surface area contributed by atoms with Gasteiger partial charge in [-0.25, -0.2) is 9.97 Å². The van der Waals surface area contributed by atoms with Crippen LogP contribution in [0.2, 0.25) is 0 Å². The minimum atomic E-state index is -0.0407. The van der Waals surface area contributed by atoms with Crippen molar-refractivity contribution in [3.8, 4) is 0 Å². The van der Waals surface area contributed by atoms with Gasteiger partial charge in [-0.2, -0.15) is 0 Å². The third kappa shape index (κ3) is 3.03. The van der Waals surface area contributed by atoms with E-state index in [1.807, 2.05) is 0 Å². The van der Waals surface area contributed by atoms with Crippen LogP contribution in [-0.4, -0.2) is 9.97 Å². The Morgan fingerprint density at radius 3 is 2.33 bits per heavy atom. The van der Waals surface area contributed by atoms with Crippen LogP contribution in [0, 0.1) is 3.57 Å². The Hall–Kier alpha value is -0.390. The summed E-state index contributed by atoms with van der Waals surface area (Å²) in [4.78, 5) is 8.94. The first kappa shape index (κ1) is 12.7. The highest BCUT2D eigenvalue weighted by Gasteiger charge is 2.20. The summed E-state index contributed by atoms with van der Waals surface area (Å²) < 4.78 is 1.00. The van der Waals surface area contributed by atoms with E-state index in [0.717, 1.165) is 27.9 Å². The van der Waals surface area contributed by atoms with Crippen molar-refractivity contribution < 1.29 is 0 Å². The minimum absolute atomic E-state index is 0.0407. The molecule has 1 aromatic heterocycles. The van der Waals surface area contributed by atoms with Crippen LogP contribution in [0.15, 0.2) is 0 Å². The topological polar surface area (TPSA) is 51.8 Å². The van der Waals surface area contributed by atoms with Crippen molar-refractivity contribution in [2.45, 2.75) is 46.0 Å². The third-order valence-electron chi connectivity index (χ3n) is 2.10. The minimum Gasteiger partial charge on any atom is -0.383 e. The Morgan fingerprint density at radius 2 is 1.87 bits per heavy atom. The van der Waals surface area contributed by atoms with Crippen LogP contribution in [0.25, 0.3) is 0 Å². The molecule has 0 fully saturated rings. The summed E-state index contributed by atoms with van der Waals surface area (Å²) in [7, 11) is 0. The summed E-state index contributed by atoms with van der Waals surface area (Å²) in [5.74, 6) is 1.45. The van der Waals surface area contributed by atoms with Gasteiger partial charge < -0.3 is 5.73 Å². The van der Waals surface area contributed by atoms with Crippen molar-refractivity contribution in [3.05, 3.63) is 15.1 Å². The van der Waals surface area contributed by atoms with Gasteiger partial charge in [-0.05, 0) is 29.0 Å². The summed E-state index contributed by atoms with van der Waals surface area (Å²) in [5.41, 5.74) is 6.93. The first-order valence-corrected chi connectivity index (χ1v) is 6.26. The van der Waals surface area contributed by atoms with E-state index in [1.165, 1.54) is 0 Å². The van der Waals surface area contributed by atoms with Gasteiger partial charge in [-0.3, -0.25) is 0 Å². The van der Waals surface area contributed by atoms with Crippen LogP contribution in [0.5, 0.6) is 0 Å². The lowest BCUT2D eigenvalue weighted by atomic mass is 9.95. The van der Waals surface area contributed by atoms with Gasteiger partial charge in [0.05, 0.1) is 9.26 Å². The molecule has 0 atom stereocenters. The Bertz CT molecular complexity index is 356. The van der Waals surface area contributed by atoms with E-state index in [-0.39, 0.29) is 5.41 Å². The summed E-state index contributed by atoms with van der Waals surface area (Å²) >= 11 is 2.22. The van der Waals surface area contributed by atoms with E-state index in [4.69, 9.17) is 5.73 Å². The molecule has 1 heterocycles. The molecule has 0 saturated carbocycles. The summed E-state index contributed by atoms with van der Waals surface area (Å²) in [6, 6.07) is 0. The van der Waals surface area contributed by atoms with E-state index >= 15 is 0 Å². The molecule has 1 aromatic rings. The molecule has 1 rings (SSSR count). The lowest BCUT2D eigenvalue weighted by Crippen LogP contribution is -2.19. The normalized spacial score (nSPS) is 11.8. The fraction of sp³-hybridized carbons (Fsp3) is 0.636. The van der Waals surface area contributed by atoms with Gasteiger partial charge in [0.15, 0.2) is 0 Å². The molecule has 0 bridgehead atoms. The molecule has 0 aliphatic carbocycles. The fourth-order valence-corrected chi connectivity index (χ4v) is 1.76. The Balaban J connectivity index is 3.23. The van der Waals surface area contributed by atoms with Crippen molar-refractivity contribution >= 4 is 28.4 Å². The number of halogens is 1. The zero-order valence-electron chi connectivity index (χ0n) is 9.76. The quantitative estimate of drug-likeness (QED) is 0.853. The average Bonchev–Trinajstić information content (AvgIpc) is 2.11. The molecule has 4 heteroatoms. The molecule has 0 radical (unpaired) electrons. The standard InChI is InChI=1S/C11H18IN3/c1-5-6-7-8(12)9(13)15-10(14-7)11(2,3)4/h5-6H2,1-4H3,(H2,13,14,15). The smallest absolute Gasteiger partial charge is 0.140 e. The van der Waals surface area contributed by atoms with Crippen LogP contribution < -0.4 is 5.73 Å². The molecule has 0 aromatic carbocycles. The number of hydrogen-bond acceptors (Lipinski definition) is 3. The highest BCUT2D eigenvalue weighted by Crippen LogP contribution is 2.24. The highest BCUT2D eigenvalue weighted by atomic mass is 127. The van der Waals surface area contributed by atoms with E-state index < -0.39 is 0 Å². The first-order chi connectivity index (χ1) is 6.86. The summed E-state index contributed by atoms with van der Waals surface area (Å²) in [6.07, 6.45) is 2.05. The molecule has 84 valence electrons. The molecule has 15 heavy (non-hydrogen) atoms. The Morgan fingerprint density at radius 1 is 1.27 bits per heavy atom. The second-order valence-corrected chi connectivity index (χ2v) is 5.77. The molecule has 3 nitrogen and oxygen atoms in total. The predicted molar refractivity (Wildman–Crippen MR) is 71.9 cm³/mol. The molecular weight excluding hydrogens is 301 g/mol. The Labute approximate surface area is 105 Å². The van der Waals surface area contributed by atoms with E-state index in [1.54, 1.807) is 0 Å². The highest BCUT2D eigenvalue weighted by molar-refractivity contribution is 14.1.